The number of thioether (sulfide) groups is 1. The molecular weight excluding hydrogens is 740 g/mol. The van der Waals surface area contributed by atoms with E-state index in [1.165, 1.54) is 16.7 Å². The second-order valence-corrected chi connectivity index (χ2v) is 12.3. The highest BCUT2D eigenvalue weighted by atomic mass is 127. The third-order valence-corrected chi connectivity index (χ3v) is 8.89. The minimum atomic E-state index is -0.214. The summed E-state index contributed by atoms with van der Waals surface area (Å²) in [6.07, 6.45) is 1.80. The minimum Gasteiger partial charge on any atom is -0.490 e. The highest BCUT2D eigenvalue weighted by Gasteiger charge is 2.33. The van der Waals surface area contributed by atoms with Crippen LogP contribution in [0.4, 0.5) is 5.69 Å². The molecule has 0 unspecified atom stereocenters. The molecule has 0 spiro atoms. The van der Waals surface area contributed by atoms with Gasteiger partial charge in [0.2, 0.25) is 0 Å². The summed E-state index contributed by atoms with van der Waals surface area (Å²) in [7, 11) is 0. The first kappa shape index (κ1) is 28.0. The number of halogens is 5. The van der Waals surface area contributed by atoms with E-state index in [-0.39, 0.29) is 12.5 Å². The van der Waals surface area contributed by atoms with Crippen molar-refractivity contribution in [3.63, 3.8) is 0 Å². The fourth-order valence-electron chi connectivity index (χ4n) is 3.33. The summed E-state index contributed by atoms with van der Waals surface area (Å²) in [4.78, 5) is 15.2. The molecule has 0 radical (unpaired) electrons. The Morgan fingerprint density at radius 3 is 2.56 bits per heavy atom. The van der Waals surface area contributed by atoms with Gasteiger partial charge in [0, 0.05) is 20.1 Å². The molecule has 0 aliphatic carbocycles. The van der Waals surface area contributed by atoms with Crippen LogP contribution in [0.5, 0.6) is 11.5 Å². The molecule has 3 aromatic carbocycles. The van der Waals surface area contributed by atoms with E-state index in [1.807, 2.05) is 25.1 Å². The number of anilines is 1. The number of benzene rings is 3. The van der Waals surface area contributed by atoms with Crippen molar-refractivity contribution in [2.45, 2.75) is 13.5 Å². The van der Waals surface area contributed by atoms with Crippen LogP contribution in [0, 0.1) is 3.57 Å². The lowest BCUT2D eigenvalue weighted by atomic mass is 10.1. The van der Waals surface area contributed by atoms with Gasteiger partial charge in [0.25, 0.3) is 5.91 Å². The van der Waals surface area contributed by atoms with Crippen LogP contribution in [0.3, 0.4) is 0 Å². The second kappa shape index (κ2) is 12.2. The molecule has 4 nitrogen and oxygen atoms in total. The molecule has 3 aromatic rings. The molecule has 11 heteroatoms. The molecule has 1 amide bonds. The predicted octanol–water partition coefficient (Wildman–Crippen LogP) is 9.40. The molecule has 186 valence electrons. The largest absolute Gasteiger partial charge is 0.490 e. The lowest BCUT2D eigenvalue weighted by Gasteiger charge is -2.16. The highest BCUT2D eigenvalue weighted by Crippen LogP contribution is 2.40. The first-order valence-electron chi connectivity index (χ1n) is 10.4. The maximum atomic E-state index is 13.2. The quantitative estimate of drug-likeness (QED) is 0.137. The van der Waals surface area contributed by atoms with Crippen molar-refractivity contribution in [1.29, 1.82) is 0 Å². The minimum absolute atomic E-state index is 0.214. The van der Waals surface area contributed by atoms with Gasteiger partial charge in [-0.2, -0.15) is 0 Å². The van der Waals surface area contributed by atoms with Crippen molar-refractivity contribution in [3.05, 3.63) is 87.7 Å². The number of ether oxygens (including phenoxy) is 2. The SMILES string of the molecule is CCOc1cc(C=C2SC(=S)N(c3ccc(Br)c(Cl)c3)C2=O)cc(I)c1OCc1ccc(Cl)cc1Cl. The van der Waals surface area contributed by atoms with E-state index in [0.29, 0.717) is 48.1 Å². The molecule has 1 fully saturated rings. The van der Waals surface area contributed by atoms with Crippen LogP contribution >= 0.6 is 97.3 Å². The summed E-state index contributed by atoms with van der Waals surface area (Å²) in [5, 5.41) is 1.59. The normalized spacial score (nSPS) is 14.6. The van der Waals surface area contributed by atoms with Crippen LogP contribution in [-0.2, 0) is 11.4 Å². The van der Waals surface area contributed by atoms with Gasteiger partial charge in [0.05, 0.1) is 25.8 Å². The number of rotatable bonds is 7. The molecule has 0 N–H and O–H groups in total. The molecule has 1 aliphatic heterocycles. The van der Waals surface area contributed by atoms with Crippen molar-refractivity contribution < 1.29 is 14.3 Å². The van der Waals surface area contributed by atoms with Crippen LogP contribution in [-0.4, -0.2) is 16.8 Å². The summed E-state index contributed by atoms with van der Waals surface area (Å²) in [5.74, 6) is 0.947. The molecule has 1 saturated heterocycles. The number of hydrogen-bond acceptors (Lipinski definition) is 5. The van der Waals surface area contributed by atoms with E-state index in [4.69, 9.17) is 56.5 Å². The number of carbonyl (C=O) groups excluding carboxylic acids is 1. The molecular formula is C25H16BrCl3INO3S2. The highest BCUT2D eigenvalue weighted by molar-refractivity contribution is 14.1. The maximum absolute atomic E-state index is 13.2. The zero-order chi connectivity index (χ0) is 26.0. The average Bonchev–Trinajstić information content (AvgIpc) is 3.09. The van der Waals surface area contributed by atoms with Crippen LogP contribution in [0.15, 0.2) is 57.9 Å². The van der Waals surface area contributed by atoms with E-state index in [9.17, 15) is 4.79 Å². The van der Waals surface area contributed by atoms with Crippen LogP contribution in [0.2, 0.25) is 15.1 Å². The van der Waals surface area contributed by atoms with Crippen molar-refractivity contribution in [2.75, 3.05) is 11.5 Å². The first-order valence-corrected chi connectivity index (χ1v) is 14.7. The van der Waals surface area contributed by atoms with E-state index in [1.54, 1.807) is 36.4 Å². The summed E-state index contributed by atoms with van der Waals surface area (Å²) in [5.41, 5.74) is 2.21. The van der Waals surface area contributed by atoms with Crippen LogP contribution in [0.25, 0.3) is 6.08 Å². The zero-order valence-electron chi connectivity index (χ0n) is 18.5. The lowest BCUT2D eigenvalue weighted by molar-refractivity contribution is -0.113. The summed E-state index contributed by atoms with van der Waals surface area (Å²) >= 11 is 30.8. The number of carbonyl (C=O) groups is 1. The van der Waals surface area contributed by atoms with Crippen molar-refractivity contribution in [1.82, 2.24) is 0 Å². The second-order valence-electron chi connectivity index (χ2n) is 7.40. The predicted molar refractivity (Wildman–Crippen MR) is 166 cm³/mol. The van der Waals surface area contributed by atoms with Crippen molar-refractivity contribution in [3.8, 4) is 11.5 Å². The molecule has 0 atom stereocenters. The topological polar surface area (TPSA) is 38.8 Å². The Kier molecular flexibility index (Phi) is 9.52. The Labute approximate surface area is 255 Å². The third-order valence-electron chi connectivity index (χ3n) is 4.97. The molecule has 0 saturated carbocycles. The van der Waals surface area contributed by atoms with Crippen molar-refractivity contribution >= 4 is 119 Å². The molecule has 36 heavy (non-hydrogen) atoms. The van der Waals surface area contributed by atoms with Gasteiger partial charge in [0.1, 0.15) is 6.61 Å². The maximum Gasteiger partial charge on any atom is 0.270 e. The number of thiocarbonyl (C=S) groups is 1. The Balaban J connectivity index is 1.61. The summed E-state index contributed by atoms with van der Waals surface area (Å²) < 4.78 is 14.0. The fraction of sp³-hybridized carbons (Fsp3) is 0.120. The molecule has 4 rings (SSSR count). The number of hydrogen-bond donors (Lipinski definition) is 0. The van der Waals surface area contributed by atoms with Gasteiger partial charge >= 0.3 is 0 Å². The Hall–Kier alpha value is -1.01. The summed E-state index contributed by atoms with van der Waals surface area (Å²) in [6.45, 7) is 2.59. The smallest absolute Gasteiger partial charge is 0.270 e. The standard InChI is InChI=1S/C25H16BrCl3INO3S2/c1-2-33-21-8-13(7-20(30)23(21)34-12-14-3-4-15(27)10-18(14)28)9-22-24(32)31(25(35)36-22)16-5-6-17(26)19(29)11-16/h3-11H,2,12H2,1H3. The van der Waals surface area contributed by atoms with Gasteiger partial charge in [-0.15, -0.1) is 0 Å². The first-order chi connectivity index (χ1) is 17.2. The third kappa shape index (κ3) is 6.34. The van der Waals surface area contributed by atoms with Crippen molar-refractivity contribution in [2.24, 2.45) is 0 Å². The van der Waals surface area contributed by atoms with Crippen LogP contribution < -0.4 is 14.4 Å². The molecule has 0 aromatic heterocycles. The monoisotopic (exact) mass is 753 g/mol. The van der Waals surface area contributed by atoms with E-state index >= 15 is 0 Å². The van der Waals surface area contributed by atoms with Gasteiger partial charge < -0.3 is 9.47 Å². The van der Waals surface area contributed by atoms with Crippen LogP contribution in [0.1, 0.15) is 18.1 Å². The van der Waals surface area contributed by atoms with E-state index < -0.39 is 0 Å². The fourth-order valence-corrected chi connectivity index (χ4v) is 6.29. The van der Waals surface area contributed by atoms with Gasteiger partial charge in [-0.25, -0.2) is 0 Å². The van der Waals surface area contributed by atoms with Gasteiger partial charge in [-0.05, 0) is 99.5 Å². The number of amides is 1. The summed E-state index contributed by atoms with van der Waals surface area (Å²) in [6, 6.07) is 14.3. The molecule has 0 bridgehead atoms. The molecule has 1 heterocycles. The van der Waals surface area contributed by atoms with Gasteiger partial charge in [-0.3, -0.25) is 9.69 Å². The lowest BCUT2D eigenvalue weighted by Crippen LogP contribution is -2.27. The zero-order valence-corrected chi connectivity index (χ0v) is 26.1. The van der Waals surface area contributed by atoms with Gasteiger partial charge in [-0.1, -0.05) is 64.8 Å². The molecule has 1 aliphatic rings. The Bertz CT molecular complexity index is 1400. The Morgan fingerprint density at radius 2 is 1.86 bits per heavy atom. The van der Waals surface area contributed by atoms with Gasteiger partial charge in [0.15, 0.2) is 15.8 Å². The van der Waals surface area contributed by atoms with E-state index in [2.05, 4.69) is 38.5 Å². The number of nitrogens with zero attached hydrogens (tertiary/aromatic N) is 1. The Morgan fingerprint density at radius 1 is 1.08 bits per heavy atom. The average molecular weight is 756 g/mol. The van der Waals surface area contributed by atoms with E-state index in [0.717, 1.165) is 19.2 Å².